The fraction of sp³-hybridized carbons (Fsp3) is 0.444. The van der Waals surface area contributed by atoms with Crippen LogP contribution in [0.5, 0.6) is 0 Å². The highest BCUT2D eigenvalue weighted by atomic mass is 32.2. The SMILES string of the molecule is CS(=O)(=O)NCCn1nnnc1SCC1=C(C(=O)O)N2C(=O)C(NC(=O)Cc3cccs3)[C@H]2SC1. The number of amides is 2. The standard InChI is InChI=1S/C18H21N7O6S4/c1-35(30,31)19-4-5-24-18(21-22-23-24)34-9-10-8-33-16-13(15(27)25(16)14(10)17(28)29)20-12(26)7-11-3-2-6-32-11/h2-3,6,13,16,19H,4-5,7-9H2,1H3,(H,20,26)(H,28,29)/t13?,16-/m1/s1. The summed E-state index contributed by atoms with van der Waals surface area (Å²) in [6.45, 7) is 0.293. The van der Waals surface area contributed by atoms with Crippen LogP contribution in [0.3, 0.4) is 0 Å². The molecule has 2 aromatic rings. The van der Waals surface area contributed by atoms with Crippen molar-refractivity contribution in [1.82, 2.24) is 35.1 Å². The van der Waals surface area contributed by atoms with Crippen LogP contribution >= 0.6 is 34.9 Å². The number of carbonyl (C=O) groups excluding carboxylic acids is 2. The third-order valence-electron chi connectivity index (χ3n) is 5.04. The van der Waals surface area contributed by atoms with Crippen LogP contribution in [-0.2, 0) is 37.4 Å². The van der Waals surface area contributed by atoms with E-state index in [9.17, 15) is 27.9 Å². The summed E-state index contributed by atoms with van der Waals surface area (Å²) >= 11 is 4.02. The van der Waals surface area contributed by atoms with E-state index in [1.54, 1.807) is 0 Å². The topological polar surface area (TPSA) is 176 Å². The Balaban J connectivity index is 1.39. The molecule has 0 bridgehead atoms. The minimum absolute atomic E-state index is 0.0900. The van der Waals surface area contributed by atoms with Crippen LogP contribution in [0.2, 0.25) is 0 Å². The highest BCUT2D eigenvalue weighted by Crippen LogP contribution is 2.41. The van der Waals surface area contributed by atoms with E-state index in [0.29, 0.717) is 16.5 Å². The Morgan fingerprint density at radius 1 is 1.37 bits per heavy atom. The number of carboxylic acid groups (broad SMARTS) is 1. The fourth-order valence-corrected chi connectivity index (χ4v) is 7.07. The summed E-state index contributed by atoms with van der Waals surface area (Å²) in [5.41, 5.74) is 0.442. The number of fused-ring (bicyclic) bond motifs is 1. The van der Waals surface area contributed by atoms with Crippen LogP contribution in [0.4, 0.5) is 0 Å². The second-order valence-electron chi connectivity index (χ2n) is 7.61. The third-order valence-corrected chi connectivity index (χ3v) is 9.03. The summed E-state index contributed by atoms with van der Waals surface area (Å²) in [5, 5.41) is 25.6. The second kappa shape index (κ2) is 10.7. The predicted molar refractivity (Wildman–Crippen MR) is 129 cm³/mol. The van der Waals surface area contributed by atoms with Crippen molar-refractivity contribution >= 4 is 62.7 Å². The maximum absolute atomic E-state index is 12.8. The lowest BCUT2D eigenvalue weighted by atomic mass is 10.0. The van der Waals surface area contributed by atoms with Crippen molar-refractivity contribution in [2.24, 2.45) is 0 Å². The number of hydrogen-bond donors (Lipinski definition) is 3. The summed E-state index contributed by atoms with van der Waals surface area (Å²) in [6, 6.07) is 2.91. The molecule has 2 aromatic heterocycles. The quantitative estimate of drug-likeness (QED) is 0.236. The number of aliphatic carboxylic acids is 1. The molecule has 0 radical (unpaired) electrons. The molecule has 1 saturated heterocycles. The predicted octanol–water partition coefficient (Wildman–Crippen LogP) is -0.643. The number of tetrazole rings is 1. The van der Waals surface area contributed by atoms with Crippen molar-refractivity contribution in [3.63, 3.8) is 0 Å². The zero-order valence-corrected chi connectivity index (χ0v) is 21.5. The molecule has 35 heavy (non-hydrogen) atoms. The van der Waals surface area contributed by atoms with Crippen LogP contribution in [0.25, 0.3) is 0 Å². The second-order valence-corrected chi connectivity index (χ2v) is 12.5. The third kappa shape index (κ3) is 6.03. The van der Waals surface area contributed by atoms with E-state index in [1.165, 1.54) is 44.4 Å². The molecular weight excluding hydrogens is 539 g/mol. The summed E-state index contributed by atoms with van der Waals surface area (Å²) in [6.07, 6.45) is 1.21. The van der Waals surface area contributed by atoms with Crippen molar-refractivity contribution in [3.8, 4) is 0 Å². The lowest BCUT2D eigenvalue weighted by molar-refractivity contribution is -0.150. The molecule has 4 heterocycles. The number of rotatable bonds is 11. The van der Waals surface area contributed by atoms with Crippen molar-refractivity contribution in [3.05, 3.63) is 33.7 Å². The molecular formula is C18H21N7O6S4. The summed E-state index contributed by atoms with van der Waals surface area (Å²) in [7, 11) is -3.35. The maximum Gasteiger partial charge on any atom is 0.352 e. The first-order valence-corrected chi connectivity index (χ1v) is 15.0. The first-order chi connectivity index (χ1) is 16.6. The molecule has 1 unspecified atom stereocenters. The largest absolute Gasteiger partial charge is 0.477 e. The van der Waals surface area contributed by atoms with Crippen LogP contribution in [0.15, 0.2) is 33.9 Å². The molecule has 2 aliphatic heterocycles. The van der Waals surface area contributed by atoms with Crippen molar-refractivity contribution in [2.45, 2.75) is 29.5 Å². The molecule has 17 heteroatoms. The Bertz CT molecular complexity index is 1260. The number of hydrogen-bond acceptors (Lipinski definition) is 11. The molecule has 0 aliphatic carbocycles. The molecule has 13 nitrogen and oxygen atoms in total. The van der Waals surface area contributed by atoms with Crippen molar-refractivity contribution < 1.29 is 27.9 Å². The normalized spacial score (nSPS) is 19.9. The minimum atomic E-state index is -3.35. The van der Waals surface area contributed by atoms with Gasteiger partial charge in [0.05, 0.1) is 19.2 Å². The van der Waals surface area contributed by atoms with Crippen LogP contribution in [0.1, 0.15) is 4.88 Å². The average molecular weight is 560 g/mol. The van der Waals surface area contributed by atoms with E-state index in [4.69, 9.17) is 0 Å². The minimum Gasteiger partial charge on any atom is -0.477 e. The number of thiophene rings is 1. The number of nitrogens with zero attached hydrogens (tertiary/aromatic N) is 5. The first-order valence-electron chi connectivity index (χ1n) is 10.2. The van der Waals surface area contributed by atoms with Gasteiger partial charge in [-0.2, -0.15) is 0 Å². The Morgan fingerprint density at radius 2 is 2.17 bits per heavy atom. The highest BCUT2D eigenvalue weighted by Gasteiger charge is 2.54. The molecule has 2 atom stereocenters. The molecule has 4 rings (SSSR count). The number of aromatic nitrogens is 4. The van der Waals surface area contributed by atoms with Crippen molar-refractivity contribution in [2.75, 3.05) is 24.3 Å². The van der Waals surface area contributed by atoms with E-state index in [-0.39, 0.29) is 36.9 Å². The fourth-order valence-electron chi connectivity index (χ4n) is 3.52. The van der Waals surface area contributed by atoms with Gasteiger partial charge in [-0.15, -0.1) is 28.2 Å². The van der Waals surface area contributed by atoms with Crippen LogP contribution in [-0.4, -0.2) is 92.1 Å². The Hall–Kier alpha value is -2.47. The molecule has 1 fully saturated rings. The van der Waals surface area contributed by atoms with Gasteiger partial charge in [-0.1, -0.05) is 17.8 Å². The lowest BCUT2D eigenvalue weighted by Gasteiger charge is -2.49. The van der Waals surface area contributed by atoms with Gasteiger partial charge < -0.3 is 10.4 Å². The molecule has 3 N–H and O–H groups in total. The molecule has 0 aromatic carbocycles. The Morgan fingerprint density at radius 3 is 2.86 bits per heavy atom. The number of β-lactam (4-membered cyclic amide) rings is 1. The van der Waals surface area contributed by atoms with Crippen LogP contribution < -0.4 is 10.0 Å². The Labute approximate surface area is 212 Å². The summed E-state index contributed by atoms with van der Waals surface area (Å²) in [4.78, 5) is 39.3. The number of nitrogens with one attached hydrogen (secondary N) is 2. The van der Waals surface area contributed by atoms with Gasteiger partial charge in [0, 0.05) is 22.9 Å². The van der Waals surface area contributed by atoms with Gasteiger partial charge in [-0.05, 0) is 27.4 Å². The van der Waals surface area contributed by atoms with Crippen molar-refractivity contribution in [1.29, 1.82) is 0 Å². The zero-order valence-electron chi connectivity index (χ0n) is 18.3. The number of carbonyl (C=O) groups is 3. The number of thioether (sulfide) groups is 2. The van der Waals surface area contributed by atoms with E-state index in [2.05, 4.69) is 25.6 Å². The molecule has 2 aliphatic rings. The zero-order chi connectivity index (χ0) is 25.2. The van der Waals surface area contributed by atoms with Gasteiger partial charge in [-0.3, -0.25) is 14.5 Å². The molecule has 0 saturated carbocycles. The molecule has 2 amide bonds. The smallest absolute Gasteiger partial charge is 0.352 e. The van der Waals surface area contributed by atoms with E-state index < -0.39 is 33.3 Å². The van der Waals surface area contributed by atoms with Gasteiger partial charge in [0.1, 0.15) is 17.1 Å². The monoisotopic (exact) mass is 559 g/mol. The van der Waals surface area contributed by atoms with Gasteiger partial charge in [-0.25, -0.2) is 22.6 Å². The Kier molecular flexibility index (Phi) is 7.80. The number of carboxylic acids is 1. The molecule has 188 valence electrons. The van der Waals surface area contributed by atoms with E-state index in [0.717, 1.165) is 11.1 Å². The highest BCUT2D eigenvalue weighted by molar-refractivity contribution is 8.01. The van der Waals surface area contributed by atoms with Gasteiger partial charge >= 0.3 is 5.97 Å². The van der Waals surface area contributed by atoms with E-state index in [1.807, 2.05) is 17.5 Å². The molecule has 0 spiro atoms. The lowest BCUT2D eigenvalue weighted by Crippen LogP contribution is -2.70. The van der Waals surface area contributed by atoms with Gasteiger partial charge in [0.25, 0.3) is 5.91 Å². The maximum atomic E-state index is 12.8. The summed E-state index contributed by atoms with van der Waals surface area (Å²) in [5.74, 6) is -1.39. The van der Waals surface area contributed by atoms with Gasteiger partial charge in [0.2, 0.25) is 21.1 Å². The van der Waals surface area contributed by atoms with E-state index >= 15 is 0 Å². The average Bonchev–Trinajstić information content (AvgIpc) is 3.46. The first kappa shape index (κ1) is 25.6. The number of sulfonamides is 1. The summed E-state index contributed by atoms with van der Waals surface area (Å²) < 4.78 is 26.2. The van der Waals surface area contributed by atoms with Crippen LogP contribution in [0, 0.1) is 0 Å². The van der Waals surface area contributed by atoms with Gasteiger partial charge in [0.15, 0.2) is 0 Å².